The largest absolute Gasteiger partial charge is 0.494 e. The molecule has 28 heavy (non-hydrogen) atoms. The lowest BCUT2D eigenvalue weighted by Gasteiger charge is -2.27. The summed E-state index contributed by atoms with van der Waals surface area (Å²) in [6, 6.07) is 15.1. The summed E-state index contributed by atoms with van der Waals surface area (Å²) in [5, 5.41) is 0. The van der Waals surface area contributed by atoms with Gasteiger partial charge in [0.1, 0.15) is 5.75 Å². The molecule has 2 aromatic carbocycles. The average molecular weight is 378 g/mol. The zero-order valence-corrected chi connectivity index (χ0v) is 15.8. The van der Waals surface area contributed by atoms with E-state index in [0.717, 1.165) is 11.3 Å². The van der Waals surface area contributed by atoms with E-state index in [0.29, 0.717) is 55.7 Å². The van der Waals surface area contributed by atoms with Crippen LogP contribution < -0.4 is 4.74 Å². The first-order chi connectivity index (χ1) is 13.8. The van der Waals surface area contributed by atoms with E-state index in [-0.39, 0.29) is 5.91 Å². The van der Waals surface area contributed by atoms with Crippen LogP contribution >= 0.6 is 0 Å². The molecule has 0 atom stereocenters. The second kappa shape index (κ2) is 8.27. The highest BCUT2D eigenvalue weighted by Gasteiger charge is 2.23. The number of aromatic nitrogens is 1. The number of hydrogen-bond donors (Lipinski definition) is 0. The predicted molar refractivity (Wildman–Crippen MR) is 105 cm³/mol. The number of nitrogens with zero attached hydrogens (tertiary/aromatic N) is 2. The number of carbonyl (C=O) groups excluding carboxylic acids is 1. The average Bonchev–Trinajstić information content (AvgIpc) is 3.25. The molecule has 144 valence electrons. The van der Waals surface area contributed by atoms with Crippen molar-refractivity contribution in [1.29, 1.82) is 0 Å². The van der Waals surface area contributed by atoms with Crippen LogP contribution in [0.2, 0.25) is 0 Å². The number of morpholine rings is 1. The molecule has 1 saturated heterocycles. The predicted octanol–water partition coefficient (Wildman–Crippen LogP) is 3.88. The Kier molecular flexibility index (Phi) is 5.39. The van der Waals surface area contributed by atoms with Gasteiger partial charge in [-0.3, -0.25) is 4.79 Å². The van der Waals surface area contributed by atoms with Gasteiger partial charge in [0.05, 0.1) is 31.6 Å². The minimum atomic E-state index is -0.0280. The molecular weight excluding hydrogens is 356 g/mol. The van der Waals surface area contributed by atoms with Crippen molar-refractivity contribution in [3.8, 4) is 28.5 Å². The fourth-order valence-electron chi connectivity index (χ4n) is 3.21. The van der Waals surface area contributed by atoms with Crippen molar-refractivity contribution in [3.63, 3.8) is 0 Å². The Morgan fingerprint density at radius 1 is 1.11 bits per heavy atom. The van der Waals surface area contributed by atoms with Crippen molar-refractivity contribution in [2.75, 3.05) is 32.9 Å². The van der Waals surface area contributed by atoms with Gasteiger partial charge in [-0.1, -0.05) is 12.1 Å². The van der Waals surface area contributed by atoms with Crippen molar-refractivity contribution in [2.45, 2.75) is 6.92 Å². The molecule has 1 amide bonds. The molecule has 6 nitrogen and oxygen atoms in total. The monoisotopic (exact) mass is 378 g/mol. The lowest BCUT2D eigenvalue weighted by atomic mass is 10.1. The summed E-state index contributed by atoms with van der Waals surface area (Å²) < 4.78 is 16.8. The third-order valence-corrected chi connectivity index (χ3v) is 4.64. The fraction of sp³-hybridized carbons (Fsp3) is 0.273. The van der Waals surface area contributed by atoms with Gasteiger partial charge in [0.2, 0.25) is 5.89 Å². The van der Waals surface area contributed by atoms with Gasteiger partial charge in [-0.15, -0.1) is 0 Å². The first kappa shape index (κ1) is 18.3. The van der Waals surface area contributed by atoms with Crippen molar-refractivity contribution < 1.29 is 18.7 Å². The Morgan fingerprint density at radius 2 is 1.86 bits per heavy atom. The highest BCUT2D eigenvalue weighted by atomic mass is 16.5. The Bertz CT molecular complexity index is 943. The van der Waals surface area contributed by atoms with Crippen molar-refractivity contribution in [1.82, 2.24) is 9.88 Å². The minimum absolute atomic E-state index is 0.0280. The van der Waals surface area contributed by atoms with Crippen molar-refractivity contribution in [2.24, 2.45) is 0 Å². The summed E-state index contributed by atoms with van der Waals surface area (Å²) in [6.07, 6.45) is 1.68. The first-order valence-electron chi connectivity index (χ1n) is 9.41. The third kappa shape index (κ3) is 3.77. The number of benzene rings is 2. The summed E-state index contributed by atoms with van der Waals surface area (Å²) in [7, 11) is 0. The lowest BCUT2D eigenvalue weighted by molar-refractivity contribution is 0.0303. The summed E-state index contributed by atoms with van der Waals surface area (Å²) in [5.74, 6) is 1.86. The van der Waals surface area contributed by atoms with E-state index >= 15 is 0 Å². The quantitative estimate of drug-likeness (QED) is 0.674. The van der Waals surface area contributed by atoms with E-state index in [1.54, 1.807) is 11.1 Å². The Labute approximate surface area is 163 Å². The summed E-state index contributed by atoms with van der Waals surface area (Å²) in [5.41, 5.74) is 2.18. The van der Waals surface area contributed by atoms with E-state index in [4.69, 9.17) is 13.9 Å². The topological polar surface area (TPSA) is 64.8 Å². The molecule has 1 aliphatic heterocycles. The minimum Gasteiger partial charge on any atom is -0.494 e. The van der Waals surface area contributed by atoms with Crippen molar-refractivity contribution >= 4 is 5.91 Å². The number of carbonyl (C=O) groups is 1. The number of oxazole rings is 1. The molecular formula is C22H22N2O4. The van der Waals surface area contributed by atoms with Crippen LogP contribution in [0.25, 0.3) is 22.8 Å². The van der Waals surface area contributed by atoms with Gasteiger partial charge in [-0.05, 0) is 43.3 Å². The maximum absolute atomic E-state index is 13.0. The zero-order chi connectivity index (χ0) is 19.3. The lowest BCUT2D eigenvalue weighted by Crippen LogP contribution is -2.40. The highest BCUT2D eigenvalue weighted by molar-refractivity contribution is 6.00. The van der Waals surface area contributed by atoms with Crippen LogP contribution in [-0.4, -0.2) is 48.7 Å². The molecule has 4 rings (SSSR count). The first-order valence-corrected chi connectivity index (χ1v) is 9.41. The third-order valence-electron chi connectivity index (χ3n) is 4.64. The van der Waals surface area contributed by atoms with Gasteiger partial charge in [0, 0.05) is 24.2 Å². The second-order valence-corrected chi connectivity index (χ2v) is 6.44. The number of rotatable bonds is 5. The van der Waals surface area contributed by atoms with Crippen LogP contribution in [0.1, 0.15) is 17.3 Å². The molecule has 0 spiro atoms. The second-order valence-electron chi connectivity index (χ2n) is 6.44. The van der Waals surface area contributed by atoms with Crippen molar-refractivity contribution in [3.05, 3.63) is 60.3 Å². The Morgan fingerprint density at radius 3 is 2.61 bits per heavy atom. The Balaban J connectivity index is 1.61. The molecule has 6 heteroatoms. The van der Waals surface area contributed by atoms with Crippen LogP contribution in [0.3, 0.4) is 0 Å². The SMILES string of the molecule is CCOc1ccc(-c2cnc(-c3ccccc3C(=O)N3CCOCC3)o2)cc1. The molecule has 0 aliphatic carbocycles. The smallest absolute Gasteiger partial charge is 0.254 e. The number of amides is 1. The van der Waals surface area contributed by atoms with E-state index < -0.39 is 0 Å². The zero-order valence-electron chi connectivity index (χ0n) is 15.8. The van der Waals surface area contributed by atoms with Crippen LogP contribution in [0, 0.1) is 0 Å². The Hall–Kier alpha value is -3.12. The number of ether oxygens (including phenoxy) is 2. The standard InChI is InChI=1S/C22H22N2O4/c1-2-27-17-9-7-16(8-10-17)20-15-23-21(28-20)18-5-3-4-6-19(18)22(25)24-11-13-26-14-12-24/h3-10,15H,2,11-14H2,1H3. The van der Waals surface area contributed by atoms with Gasteiger partial charge < -0.3 is 18.8 Å². The molecule has 3 aromatic rings. The molecule has 1 fully saturated rings. The molecule has 0 unspecified atom stereocenters. The molecule has 0 radical (unpaired) electrons. The maximum atomic E-state index is 13.0. The van der Waals surface area contributed by atoms with Gasteiger partial charge in [-0.25, -0.2) is 4.98 Å². The highest BCUT2D eigenvalue weighted by Crippen LogP contribution is 2.29. The molecule has 1 aliphatic rings. The van der Waals surface area contributed by atoms with Crippen LogP contribution in [0.5, 0.6) is 5.75 Å². The van der Waals surface area contributed by atoms with E-state index in [2.05, 4.69) is 4.98 Å². The summed E-state index contributed by atoms with van der Waals surface area (Å²) in [6.45, 7) is 4.89. The van der Waals surface area contributed by atoms with Gasteiger partial charge in [0.15, 0.2) is 5.76 Å². The fourth-order valence-corrected chi connectivity index (χ4v) is 3.21. The normalized spacial score (nSPS) is 14.1. The van der Waals surface area contributed by atoms with E-state index in [9.17, 15) is 4.79 Å². The van der Waals surface area contributed by atoms with Gasteiger partial charge >= 0.3 is 0 Å². The van der Waals surface area contributed by atoms with Gasteiger partial charge in [-0.2, -0.15) is 0 Å². The summed E-state index contributed by atoms with van der Waals surface area (Å²) in [4.78, 5) is 19.2. The van der Waals surface area contributed by atoms with E-state index in [1.165, 1.54) is 0 Å². The van der Waals surface area contributed by atoms with Crippen LogP contribution in [0.4, 0.5) is 0 Å². The van der Waals surface area contributed by atoms with E-state index in [1.807, 2.05) is 55.5 Å². The maximum Gasteiger partial charge on any atom is 0.254 e. The van der Waals surface area contributed by atoms with Crippen LogP contribution in [-0.2, 0) is 4.74 Å². The molecule has 0 N–H and O–H groups in total. The molecule has 0 saturated carbocycles. The summed E-state index contributed by atoms with van der Waals surface area (Å²) >= 11 is 0. The van der Waals surface area contributed by atoms with Gasteiger partial charge in [0.25, 0.3) is 5.91 Å². The molecule has 0 bridgehead atoms. The molecule has 2 heterocycles. The molecule has 1 aromatic heterocycles. The number of hydrogen-bond acceptors (Lipinski definition) is 5. The van der Waals surface area contributed by atoms with Crippen LogP contribution in [0.15, 0.2) is 59.1 Å².